The van der Waals surface area contributed by atoms with Crippen molar-refractivity contribution in [2.45, 2.75) is 24.9 Å². The fourth-order valence-electron chi connectivity index (χ4n) is 2.05. The van der Waals surface area contributed by atoms with Gasteiger partial charge in [-0.05, 0) is 0 Å². The monoisotopic (exact) mass is 270 g/mol. The fraction of sp³-hybridized carbons (Fsp3) is 0.556. The number of fused-ring (bicyclic) bond motifs is 1. The van der Waals surface area contributed by atoms with Crippen molar-refractivity contribution in [3.63, 3.8) is 0 Å². The number of halogens is 1. The molecule has 2 aromatic rings. The van der Waals surface area contributed by atoms with Crippen molar-refractivity contribution in [3.8, 4) is 0 Å². The fourth-order valence-corrected chi connectivity index (χ4v) is 2.05. The van der Waals surface area contributed by atoms with Crippen LogP contribution in [0.2, 0.25) is 0 Å². The molecule has 0 saturated carbocycles. The van der Waals surface area contributed by atoms with Crippen molar-refractivity contribution in [3.05, 3.63) is 6.08 Å². The Bertz CT molecular complexity index is 619. The second kappa shape index (κ2) is 4.33. The van der Waals surface area contributed by atoms with E-state index in [1.807, 2.05) is 0 Å². The molecule has 3 heterocycles. The van der Waals surface area contributed by atoms with E-state index >= 15 is 0 Å². The number of hydrogen-bond acceptors (Lipinski definition) is 8. The normalized spacial score (nSPS) is 27.2. The van der Waals surface area contributed by atoms with Crippen molar-refractivity contribution in [1.29, 1.82) is 0 Å². The van der Waals surface area contributed by atoms with Gasteiger partial charge in [-0.25, -0.2) is 0 Å². The van der Waals surface area contributed by atoms with Gasteiger partial charge in [-0.2, -0.15) is 19.0 Å². The summed E-state index contributed by atoms with van der Waals surface area (Å²) in [4.78, 5) is 6.91. The lowest BCUT2D eigenvalue weighted by Gasteiger charge is -2.11. The molecular weight excluding hydrogens is 259 g/mol. The minimum atomic E-state index is -0.995. The van der Waals surface area contributed by atoms with Gasteiger partial charge in [0.2, 0.25) is 0 Å². The number of nitrogens with zero attached hydrogens (tertiary/aromatic N) is 5. The largest absolute Gasteiger partial charge is 0.394 e. The molecule has 102 valence electrons. The lowest BCUT2D eigenvalue weighted by molar-refractivity contribution is -0.0476. The highest BCUT2D eigenvalue weighted by atomic mass is 19.1. The second-order valence-electron chi connectivity index (χ2n) is 4.20. The number of ether oxygens (including phenoxy) is 1. The molecule has 4 N–H and O–H groups in total. The SMILES string of the molecule is Nc1nc(F)nc2c1nnn2[C@H]1C[C@H](O)[C@@H](CO)O1. The van der Waals surface area contributed by atoms with Crippen LogP contribution >= 0.6 is 0 Å². The van der Waals surface area contributed by atoms with Crippen LogP contribution < -0.4 is 5.73 Å². The Hall–Kier alpha value is -1.91. The van der Waals surface area contributed by atoms with E-state index in [4.69, 9.17) is 15.6 Å². The van der Waals surface area contributed by atoms with E-state index in [1.165, 1.54) is 4.68 Å². The first-order valence-electron chi connectivity index (χ1n) is 5.58. The summed E-state index contributed by atoms with van der Waals surface area (Å²) in [6.07, 6.45) is -3.04. The zero-order chi connectivity index (χ0) is 13.6. The average molecular weight is 270 g/mol. The van der Waals surface area contributed by atoms with Crippen LogP contribution in [0.25, 0.3) is 11.2 Å². The zero-order valence-corrected chi connectivity index (χ0v) is 9.64. The molecule has 1 aliphatic rings. The number of anilines is 1. The summed E-state index contributed by atoms with van der Waals surface area (Å²) in [5.41, 5.74) is 5.76. The number of aliphatic hydroxyl groups is 2. The molecule has 3 atom stereocenters. The van der Waals surface area contributed by atoms with Gasteiger partial charge in [0.05, 0.1) is 12.7 Å². The molecule has 1 saturated heterocycles. The van der Waals surface area contributed by atoms with Crippen LogP contribution in [0, 0.1) is 6.08 Å². The van der Waals surface area contributed by atoms with E-state index in [1.54, 1.807) is 0 Å². The molecule has 0 radical (unpaired) electrons. The average Bonchev–Trinajstić information content (AvgIpc) is 2.92. The Morgan fingerprint density at radius 3 is 2.95 bits per heavy atom. The molecule has 0 amide bonds. The van der Waals surface area contributed by atoms with E-state index in [-0.39, 0.29) is 30.0 Å². The number of aliphatic hydroxyl groups excluding tert-OH is 2. The van der Waals surface area contributed by atoms with Gasteiger partial charge in [-0.1, -0.05) is 5.21 Å². The quantitative estimate of drug-likeness (QED) is 0.566. The molecule has 9 nitrogen and oxygen atoms in total. The molecule has 0 spiro atoms. The number of nitrogen functional groups attached to an aromatic ring is 1. The molecule has 19 heavy (non-hydrogen) atoms. The van der Waals surface area contributed by atoms with Gasteiger partial charge in [0.15, 0.2) is 23.2 Å². The van der Waals surface area contributed by atoms with Crippen molar-refractivity contribution in [1.82, 2.24) is 25.0 Å². The molecular formula is C9H11FN6O3. The third kappa shape index (κ3) is 1.89. The molecule has 0 bridgehead atoms. The highest BCUT2D eigenvalue weighted by Gasteiger charge is 2.36. The van der Waals surface area contributed by atoms with Crippen molar-refractivity contribution < 1.29 is 19.3 Å². The maximum atomic E-state index is 13.2. The number of hydrogen-bond donors (Lipinski definition) is 3. The first-order valence-corrected chi connectivity index (χ1v) is 5.58. The first kappa shape index (κ1) is 12.1. The Labute approximate surface area is 105 Å². The van der Waals surface area contributed by atoms with Crippen molar-refractivity contribution >= 4 is 17.0 Å². The Balaban J connectivity index is 2.02. The lowest BCUT2D eigenvalue weighted by Crippen LogP contribution is -2.24. The minimum Gasteiger partial charge on any atom is -0.394 e. The molecule has 0 aliphatic carbocycles. The maximum Gasteiger partial charge on any atom is 0.312 e. The smallest absolute Gasteiger partial charge is 0.312 e. The second-order valence-corrected chi connectivity index (χ2v) is 4.20. The van der Waals surface area contributed by atoms with Crippen LogP contribution in [0.15, 0.2) is 0 Å². The highest BCUT2D eigenvalue weighted by Crippen LogP contribution is 2.30. The summed E-state index contributed by atoms with van der Waals surface area (Å²) in [6.45, 7) is -0.324. The topological polar surface area (TPSA) is 132 Å². The van der Waals surface area contributed by atoms with Gasteiger partial charge in [0.25, 0.3) is 0 Å². The molecule has 0 aromatic carbocycles. The molecule has 1 aliphatic heterocycles. The third-order valence-corrected chi connectivity index (χ3v) is 2.98. The standard InChI is InChI=1S/C9H11FN6O3/c10-9-12-7(11)6-8(13-9)16(15-14-6)5-1-3(18)4(2-17)19-5/h3-5,17-18H,1-2H2,(H2,11,12,13)/t3-,4+,5+/m0/s1. The first-order chi connectivity index (χ1) is 9.10. The van der Waals surface area contributed by atoms with Crippen molar-refractivity contribution in [2.24, 2.45) is 0 Å². The number of rotatable bonds is 2. The summed E-state index contributed by atoms with van der Waals surface area (Å²) in [5, 5.41) is 26.2. The summed E-state index contributed by atoms with van der Waals surface area (Å²) in [5.74, 6) is -0.119. The predicted octanol–water partition coefficient (Wildman–Crippen LogP) is -1.42. The summed E-state index contributed by atoms with van der Waals surface area (Å²) >= 11 is 0. The molecule has 2 aromatic heterocycles. The number of aromatic nitrogens is 5. The Morgan fingerprint density at radius 2 is 2.26 bits per heavy atom. The van der Waals surface area contributed by atoms with Crippen LogP contribution in [0.1, 0.15) is 12.6 Å². The predicted molar refractivity (Wildman–Crippen MR) is 59.1 cm³/mol. The molecule has 1 fully saturated rings. The van der Waals surface area contributed by atoms with E-state index in [9.17, 15) is 9.50 Å². The van der Waals surface area contributed by atoms with Crippen LogP contribution in [0.3, 0.4) is 0 Å². The van der Waals surface area contributed by atoms with Gasteiger partial charge >= 0.3 is 6.08 Å². The Morgan fingerprint density at radius 1 is 1.47 bits per heavy atom. The summed E-state index contributed by atoms with van der Waals surface area (Å²) in [7, 11) is 0. The van der Waals surface area contributed by atoms with Crippen LogP contribution in [0.5, 0.6) is 0 Å². The van der Waals surface area contributed by atoms with E-state index in [0.29, 0.717) is 0 Å². The maximum absolute atomic E-state index is 13.2. The summed E-state index contributed by atoms with van der Waals surface area (Å²) < 4.78 is 19.8. The Kier molecular flexibility index (Phi) is 2.77. The highest BCUT2D eigenvalue weighted by molar-refractivity contribution is 5.80. The van der Waals surface area contributed by atoms with Gasteiger partial charge in [-0.15, -0.1) is 5.10 Å². The summed E-state index contributed by atoms with van der Waals surface area (Å²) in [6, 6.07) is 0. The van der Waals surface area contributed by atoms with Crippen molar-refractivity contribution in [2.75, 3.05) is 12.3 Å². The van der Waals surface area contributed by atoms with Gasteiger partial charge in [0.1, 0.15) is 6.10 Å². The third-order valence-electron chi connectivity index (χ3n) is 2.98. The van der Waals surface area contributed by atoms with Crippen LogP contribution in [-0.4, -0.2) is 54.0 Å². The molecule has 0 unspecified atom stereocenters. The number of nitrogens with two attached hydrogens (primary N) is 1. The lowest BCUT2D eigenvalue weighted by atomic mass is 10.2. The zero-order valence-electron chi connectivity index (χ0n) is 9.64. The van der Waals surface area contributed by atoms with E-state index < -0.39 is 24.5 Å². The molecule has 10 heteroatoms. The van der Waals surface area contributed by atoms with Gasteiger partial charge < -0.3 is 20.7 Å². The van der Waals surface area contributed by atoms with E-state index in [2.05, 4.69) is 20.3 Å². The van der Waals surface area contributed by atoms with E-state index in [0.717, 1.165) is 0 Å². The van der Waals surface area contributed by atoms with Gasteiger partial charge in [0, 0.05) is 6.42 Å². The molecule has 3 rings (SSSR count). The minimum absolute atomic E-state index is 0.0841. The van der Waals surface area contributed by atoms with Crippen LogP contribution in [0.4, 0.5) is 10.2 Å². The van der Waals surface area contributed by atoms with Gasteiger partial charge in [-0.3, -0.25) is 0 Å². The van der Waals surface area contributed by atoms with Crippen LogP contribution in [-0.2, 0) is 4.74 Å².